The van der Waals surface area contributed by atoms with E-state index in [1.165, 1.54) is 17.3 Å². The van der Waals surface area contributed by atoms with Gasteiger partial charge in [-0.05, 0) is 32.3 Å². The van der Waals surface area contributed by atoms with E-state index in [0.717, 1.165) is 55.1 Å². The number of imidazole rings is 1. The van der Waals surface area contributed by atoms with E-state index < -0.39 is 5.54 Å². The number of amides is 1. The summed E-state index contributed by atoms with van der Waals surface area (Å²) in [6, 6.07) is 12.6. The van der Waals surface area contributed by atoms with Gasteiger partial charge in [0.2, 0.25) is 5.91 Å². The molecule has 1 atom stereocenters. The maximum absolute atomic E-state index is 12.6. The maximum Gasteiger partial charge on any atom is 0.234 e. The van der Waals surface area contributed by atoms with Crippen molar-refractivity contribution in [2.24, 2.45) is 0 Å². The molecule has 0 saturated heterocycles. The van der Waals surface area contributed by atoms with Gasteiger partial charge in [0, 0.05) is 12.1 Å². The summed E-state index contributed by atoms with van der Waals surface area (Å²) >= 11 is 1.41. The second kappa shape index (κ2) is 8.62. The third-order valence-electron chi connectivity index (χ3n) is 5.12. The molecule has 0 bridgehead atoms. The Bertz CT molecular complexity index is 818. The van der Waals surface area contributed by atoms with Gasteiger partial charge >= 0.3 is 0 Å². The van der Waals surface area contributed by atoms with Crippen LogP contribution in [0.4, 0.5) is 0 Å². The van der Waals surface area contributed by atoms with Gasteiger partial charge in [0.25, 0.3) is 0 Å². The van der Waals surface area contributed by atoms with Crippen molar-refractivity contribution in [1.29, 1.82) is 5.26 Å². The van der Waals surface area contributed by atoms with Crippen LogP contribution in [0.3, 0.4) is 0 Å². The number of nitrogens with one attached hydrogen (secondary N) is 2. The average molecular weight is 383 g/mol. The van der Waals surface area contributed by atoms with Crippen LogP contribution >= 0.6 is 11.8 Å². The number of carbonyl (C=O) groups is 1. The third kappa shape index (κ3) is 4.92. The van der Waals surface area contributed by atoms with Crippen molar-refractivity contribution in [2.45, 2.75) is 68.3 Å². The molecule has 1 unspecified atom stereocenters. The lowest BCUT2D eigenvalue weighted by molar-refractivity contribution is -0.121. The van der Waals surface area contributed by atoms with Crippen molar-refractivity contribution in [2.75, 3.05) is 0 Å². The first-order valence-corrected chi connectivity index (χ1v) is 10.4. The first-order chi connectivity index (χ1) is 13.0. The summed E-state index contributed by atoms with van der Waals surface area (Å²) < 4.78 is 0. The van der Waals surface area contributed by atoms with Crippen molar-refractivity contribution in [3.05, 3.63) is 47.3 Å². The standard InChI is InChI=1S/C21H26N4OS/c1-15-18(13-17-9-5-3-6-10-17)24-20(23-15)27-16(2)19(26)25-21(14-22)11-7-4-8-12-21/h3,5-6,9-10,16H,4,7-8,11-13H2,1-2H3,(H,23,24)(H,25,26). The Morgan fingerprint density at radius 2 is 2.04 bits per heavy atom. The van der Waals surface area contributed by atoms with E-state index in [4.69, 9.17) is 0 Å². The lowest BCUT2D eigenvalue weighted by Gasteiger charge is -2.32. The Kier molecular flexibility index (Phi) is 6.22. The Labute approximate surface area is 165 Å². The van der Waals surface area contributed by atoms with Gasteiger partial charge in [-0.2, -0.15) is 5.26 Å². The highest BCUT2D eigenvalue weighted by atomic mass is 32.2. The van der Waals surface area contributed by atoms with Gasteiger partial charge in [0.05, 0.1) is 17.0 Å². The molecule has 27 heavy (non-hydrogen) atoms. The van der Waals surface area contributed by atoms with Crippen molar-refractivity contribution < 1.29 is 4.79 Å². The van der Waals surface area contributed by atoms with Gasteiger partial charge < -0.3 is 10.3 Å². The molecule has 5 nitrogen and oxygen atoms in total. The molecule has 2 aromatic rings. The molecule has 1 saturated carbocycles. The number of rotatable bonds is 6. The average Bonchev–Trinajstić information content (AvgIpc) is 3.02. The molecule has 0 spiro atoms. The van der Waals surface area contributed by atoms with E-state index in [-0.39, 0.29) is 11.2 Å². The number of benzene rings is 1. The molecular formula is C21H26N4OS. The molecule has 1 amide bonds. The van der Waals surface area contributed by atoms with Crippen LogP contribution in [0.1, 0.15) is 56.0 Å². The van der Waals surface area contributed by atoms with Crippen LogP contribution in [-0.2, 0) is 11.2 Å². The van der Waals surface area contributed by atoms with Crippen molar-refractivity contribution in [3.8, 4) is 6.07 Å². The topological polar surface area (TPSA) is 81.6 Å². The highest BCUT2D eigenvalue weighted by Crippen LogP contribution is 2.29. The molecule has 1 aromatic heterocycles. The van der Waals surface area contributed by atoms with E-state index in [1.54, 1.807) is 0 Å². The second-order valence-electron chi connectivity index (χ2n) is 7.28. The van der Waals surface area contributed by atoms with E-state index in [1.807, 2.05) is 32.0 Å². The van der Waals surface area contributed by atoms with Gasteiger partial charge in [0.15, 0.2) is 5.16 Å². The van der Waals surface area contributed by atoms with Gasteiger partial charge in [-0.1, -0.05) is 61.4 Å². The normalized spacial score (nSPS) is 17.1. The number of nitriles is 1. The largest absolute Gasteiger partial charge is 0.337 e. The zero-order valence-corrected chi connectivity index (χ0v) is 16.7. The Hall–Kier alpha value is -2.26. The molecule has 1 aromatic carbocycles. The van der Waals surface area contributed by atoms with Gasteiger partial charge in [0.1, 0.15) is 5.54 Å². The van der Waals surface area contributed by atoms with Gasteiger partial charge in [-0.15, -0.1) is 0 Å². The number of aromatic nitrogens is 2. The number of aromatic amines is 1. The predicted octanol–water partition coefficient (Wildman–Crippen LogP) is 4.13. The summed E-state index contributed by atoms with van der Waals surface area (Å²) in [5.41, 5.74) is 2.54. The van der Waals surface area contributed by atoms with Crippen molar-refractivity contribution in [3.63, 3.8) is 0 Å². The van der Waals surface area contributed by atoms with E-state index in [9.17, 15) is 10.1 Å². The first kappa shape index (κ1) is 19.5. The summed E-state index contributed by atoms with van der Waals surface area (Å²) in [6.45, 7) is 3.87. The lowest BCUT2D eigenvalue weighted by Crippen LogP contribution is -2.50. The molecular weight excluding hydrogens is 356 g/mol. The zero-order chi connectivity index (χ0) is 19.3. The van der Waals surface area contributed by atoms with E-state index in [0.29, 0.717) is 0 Å². The van der Waals surface area contributed by atoms with Crippen LogP contribution in [0.25, 0.3) is 0 Å². The highest BCUT2D eigenvalue weighted by molar-refractivity contribution is 8.00. The third-order valence-corrected chi connectivity index (χ3v) is 6.10. The number of hydrogen-bond acceptors (Lipinski definition) is 4. The van der Waals surface area contributed by atoms with Crippen LogP contribution in [0, 0.1) is 18.3 Å². The molecule has 1 aliphatic carbocycles. The van der Waals surface area contributed by atoms with E-state index in [2.05, 4.69) is 33.5 Å². The van der Waals surface area contributed by atoms with Crippen LogP contribution in [0.15, 0.2) is 35.5 Å². The number of hydrogen-bond donors (Lipinski definition) is 2. The minimum Gasteiger partial charge on any atom is -0.337 e. The smallest absolute Gasteiger partial charge is 0.234 e. The molecule has 142 valence electrons. The highest BCUT2D eigenvalue weighted by Gasteiger charge is 2.35. The van der Waals surface area contributed by atoms with Crippen LogP contribution < -0.4 is 5.32 Å². The fourth-order valence-electron chi connectivity index (χ4n) is 3.46. The summed E-state index contributed by atoms with van der Waals surface area (Å²) in [5.74, 6) is -0.0953. The maximum atomic E-state index is 12.6. The van der Waals surface area contributed by atoms with Gasteiger partial charge in [-0.3, -0.25) is 4.79 Å². The molecule has 6 heteroatoms. The minimum atomic E-state index is -0.693. The minimum absolute atomic E-state index is 0.0953. The Morgan fingerprint density at radius 3 is 2.70 bits per heavy atom. The molecule has 1 fully saturated rings. The number of thioether (sulfide) groups is 1. The fraction of sp³-hybridized carbons (Fsp3) is 0.476. The quantitative estimate of drug-likeness (QED) is 0.736. The molecule has 2 N–H and O–H groups in total. The summed E-state index contributed by atoms with van der Waals surface area (Å²) in [7, 11) is 0. The van der Waals surface area contributed by atoms with Crippen LogP contribution in [-0.4, -0.2) is 26.7 Å². The lowest BCUT2D eigenvalue weighted by atomic mass is 9.83. The first-order valence-electron chi connectivity index (χ1n) is 9.51. The summed E-state index contributed by atoms with van der Waals surface area (Å²) in [5, 5.41) is 13.0. The molecule has 1 aliphatic rings. The number of nitrogens with zero attached hydrogens (tertiary/aromatic N) is 2. The second-order valence-corrected chi connectivity index (χ2v) is 8.61. The fourth-order valence-corrected chi connectivity index (χ4v) is 4.34. The number of carbonyl (C=O) groups excluding carboxylic acids is 1. The molecule has 0 aliphatic heterocycles. The van der Waals surface area contributed by atoms with Gasteiger partial charge in [-0.25, -0.2) is 4.98 Å². The molecule has 0 radical (unpaired) electrons. The number of H-pyrrole nitrogens is 1. The molecule has 3 rings (SSSR count). The van der Waals surface area contributed by atoms with E-state index >= 15 is 0 Å². The molecule has 1 heterocycles. The summed E-state index contributed by atoms with van der Waals surface area (Å²) in [4.78, 5) is 20.6. The zero-order valence-electron chi connectivity index (χ0n) is 15.9. The van der Waals surface area contributed by atoms with Crippen molar-refractivity contribution in [1.82, 2.24) is 15.3 Å². The van der Waals surface area contributed by atoms with Crippen LogP contribution in [0.5, 0.6) is 0 Å². The Balaban J connectivity index is 1.62. The number of aryl methyl sites for hydroxylation is 1. The SMILES string of the molecule is Cc1[nH]c(SC(C)C(=O)NC2(C#N)CCCCC2)nc1Cc1ccccc1. The van der Waals surface area contributed by atoms with Crippen molar-refractivity contribution >= 4 is 17.7 Å². The van der Waals surface area contributed by atoms with Crippen LogP contribution in [0.2, 0.25) is 0 Å². The Morgan fingerprint density at radius 1 is 1.33 bits per heavy atom. The summed E-state index contributed by atoms with van der Waals surface area (Å²) in [6.07, 6.45) is 5.38. The predicted molar refractivity (Wildman–Crippen MR) is 107 cm³/mol. The monoisotopic (exact) mass is 382 g/mol.